The summed E-state index contributed by atoms with van der Waals surface area (Å²) in [6, 6.07) is 5.17. The maximum absolute atomic E-state index is 8.54. The Morgan fingerprint density at radius 1 is 1.07 bits per heavy atom. The highest BCUT2D eigenvalue weighted by Crippen LogP contribution is 2.02. The number of aromatic nitrogens is 1. The molecule has 1 rings (SSSR count). The molecule has 74 valence electrons. The van der Waals surface area contributed by atoms with Crippen LogP contribution in [-0.2, 0) is 0 Å². The molecular formula is C9H11N3O2. The van der Waals surface area contributed by atoms with E-state index in [1.54, 1.807) is 32.0 Å². The van der Waals surface area contributed by atoms with Crippen LogP contribution in [-0.4, -0.2) is 26.8 Å². The molecule has 14 heavy (non-hydrogen) atoms. The molecular weight excluding hydrogens is 182 g/mol. The minimum atomic E-state index is 0.414. The van der Waals surface area contributed by atoms with Gasteiger partial charge in [0.1, 0.15) is 11.4 Å². The lowest BCUT2D eigenvalue weighted by Crippen LogP contribution is -2.04. The Hall–Kier alpha value is -1.91. The van der Waals surface area contributed by atoms with Crippen LogP contribution >= 0.6 is 0 Å². The summed E-state index contributed by atoms with van der Waals surface area (Å²) in [4.78, 5) is 4.13. The third kappa shape index (κ3) is 2.07. The van der Waals surface area contributed by atoms with Crippen molar-refractivity contribution in [2.24, 2.45) is 10.3 Å². The summed E-state index contributed by atoms with van der Waals surface area (Å²) in [6.07, 6.45) is 0. The number of hydrogen-bond donors (Lipinski definition) is 2. The van der Waals surface area contributed by atoms with E-state index in [1.807, 2.05) is 0 Å². The van der Waals surface area contributed by atoms with Crippen LogP contribution in [0.2, 0.25) is 0 Å². The standard InChI is InChI=1S/C9H11N3O2/c1-6(11-13)8-4-3-5-9(10-8)7(2)12-14/h3-5,13-14H,1-2H3. The predicted octanol–water partition coefficient (Wildman–Crippen LogP) is 1.48. The lowest BCUT2D eigenvalue weighted by Gasteiger charge is -2.01. The molecule has 0 aliphatic heterocycles. The van der Waals surface area contributed by atoms with Crippen molar-refractivity contribution in [3.05, 3.63) is 29.6 Å². The van der Waals surface area contributed by atoms with Crippen molar-refractivity contribution >= 4 is 11.4 Å². The van der Waals surface area contributed by atoms with Gasteiger partial charge in [0.15, 0.2) is 0 Å². The topological polar surface area (TPSA) is 78.1 Å². The zero-order valence-electron chi connectivity index (χ0n) is 7.97. The van der Waals surface area contributed by atoms with Gasteiger partial charge in [-0.15, -0.1) is 0 Å². The highest BCUT2D eigenvalue weighted by Gasteiger charge is 2.03. The lowest BCUT2D eigenvalue weighted by molar-refractivity contribution is 0.318. The summed E-state index contributed by atoms with van der Waals surface area (Å²) >= 11 is 0. The first-order valence-electron chi connectivity index (χ1n) is 4.04. The van der Waals surface area contributed by atoms with Crippen molar-refractivity contribution in [1.82, 2.24) is 4.98 Å². The third-order valence-corrected chi connectivity index (χ3v) is 1.79. The van der Waals surface area contributed by atoms with Gasteiger partial charge in [0, 0.05) is 0 Å². The first kappa shape index (κ1) is 10.2. The van der Waals surface area contributed by atoms with Gasteiger partial charge in [-0.3, -0.25) is 0 Å². The number of oxime groups is 2. The molecule has 0 bridgehead atoms. The number of hydrogen-bond acceptors (Lipinski definition) is 5. The Kier molecular flexibility index (Phi) is 3.17. The predicted molar refractivity (Wildman–Crippen MR) is 52.2 cm³/mol. The van der Waals surface area contributed by atoms with Crippen molar-refractivity contribution in [3.63, 3.8) is 0 Å². The molecule has 0 saturated carbocycles. The van der Waals surface area contributed by atoms with E-state index in [0.717, 1.165) is 0 Å². The quantitative estimate of drug-likeness (QED) is 0.424. The smallest absolute Gasteiger partial charge is 0.102 e. The molecule has 0 amide bonds. The van der Waals surface area contributed by atoms with Gasteiger partial charge < -0.3 is 10.4 Å². The molecule has 1 aromatic heterocycles. The van der Waals surface area contributed by atoms with Crippen molar-refractivity contribution in [3.8, 4) is 0 Å². The second-order valence-corrected chi connectivity index (χ2v) is 2.78. The maximum atomic E-state index is 8.54. The van der Waals surface area contributed by atoms with Crippen LogP contribution in [0.3, 0.4) is 0 Å². The van der Waals surface area contributed by atoms with E-state index < -0.39 is 0 Å². The van der Waals surface area contributed by atoms with Gasteiger partial charge in [-0.25, -0.2) is 4.98 Å². The zero-order chi connectivity index (χ0) is 10.6. The molecule has 0 aromatic carbocycles. The minimum Gasteiger partial charge on any atom is -0.411 e. The second kappa shape index (κ2) is 4.36. The maximum Gasteiger partial charge on any atom is 0.102 e. The van der Waals surface area contributed by atoms with Gasteiger partial charge in [0.2, 0.25) is 0 Å². The van der Waals surface area contributed by atoms with Gasteiger partial charge in [0.25, 0.3) is 0 Å². The summed E-state index contributed by atoms with van der Waals surface area (Å²) in [7, 11) is 0. The van der Waals surface area contributed by atoms with Crippen LogP contribution in [0.15, 0.2) is 28.5 Å². The van der Waals surface area contributed by atoms with Crippen LogP contribution in [0.25, 0.3) is 0 Å². The number of rotatable bonds is 2. The summed E-state index contributed by atoms with van der Waals surface area (Å²) in [5, 5.41) is 23.2. The largest absolute Gasteiger partial charge is 0.411 e. The van der Waals surface area contributed by atoms with E-state index in [0.29, 0.717) is 22.8 Å². The Labute approximate surface area is 81.4 Å². The van der Waals surface area contributed by atoms with Crippen LogP contribution in [0.5, 0.6) is 0 Å². The van der Waals surface area contributed by atoms with E-state index in [9.17, 15) is 0 Å². The van der Waals surface area contributed by atoms with E-state index in [1.165, 1.54) is 0 Å². The average molecular weight is 193 g/mol. The average Bonchev–Trinajstić information content (AvgIpc) is 2.27. The van der Waals surface area contributed by atoms with Crippen LogP contribution in [0.4, 0.5) is 0 Å². The number of pyridine rings is 1. The summed E-state index contributed by atoms with van der Waals surface area (Å²) in [5.41, 5.74) is 1.93. The van der Waals surface area contributed by atoms with E-state index in [2.05, 4.69) is 15.3 Å². The SMILES string of the molecule is CC(=NO)c1cccc(C(C)=NO)n1. The Balaban J connectivity index is 3.14. The molecule has 0 aliphatic rings. The molecule has 0 aliphatic carbocycles. The van der Waals surface area contributed by atoms with Crippen LogP contribution in [0.1, 0.15) is 25.2 Å². The second-order valence-electron chi connectivity index (χ2n) is 2.78. The Bertz CT molecular complexity index is 352. The van der Waals surface area contributed by atoms with E-state index in [-0.39, 0.29) is 0 Å². The first-order chi connectivity index (χ1) is 6.69. The van der Waals surface area contributed by atoms with Crippen molar-refractivity contribution in [1.29, 1.82) is 0 Å². The number of nitrogens with zero attached hydrogens (tertiary/aromatic N) is 3. The molecule has 5 nitrogen and oxygen atoms in total. The van der Waals surface area contributed by atoms with Crippen LogP contribution < -0.4 is 0 Å². The molecule has 1 heterocycles. The third-order valence-electron chi connectivity index (χ3n) is 1.79. The first-order valence-corrected chi connectivity index (χ1v) is 4.04. The fraction of sp³-hybridized carbons (Fsp3) is 0.222. The van der Waals surface area contributed by atoms with Gasteiger partial charge in [0.05, 0.1) is 11.4 Å². The molecule has 2 N–H and O–H groups in total. The Morgan fingerprint density at radius 3 is 1.86 bits per heavy atom. The fourth-order valence-electron chi connectivity index (χ4n) is 0.940. The normalized spacial score (nSPS) is 13.0. The van der Waals surface area contributed by atoms with Gasteiger partial charge in [-0.1, -0.05) is 16.4 Å². The zero-order valence-corrected chi connectivity index (χ0v) is 7.97. The highest BCUT2D eigenvalue weighted by atomic mass is 16.4. The van der Waals surface area contributed by atoms with E-state index in [4.69, 9.17) is 10.4 Å². The van der Waals surface area contributed by atoms with Crippen molar-refractivity contribution < 1.29 is 10.4 Å². The summed E-state index contributed by atoms with van der Waals surface area (Å²) < 4.78 is 0. The highest BCUT2D eigenvalue weighted by molar-refractivity contribution is 6.00. The van der Waals surface area contributed by atoms with Gasteiger partial charge in [-0.2, -0.15) is 0 Å². The van der Waals surface area contributed by atoms with Crippen molar-refractivity contribution in [2.45, 2.75) is 13.8 Å². The molecule has 0 saturated heterocycles. The summed E-state index contributed by atoms with van der Waals surface area (Å²) in [5.74, 6) is 0. The lowest BCUT2D eigenvalue weighted by atomic mass is 10.2. The van der Waals surface area contributed by atoms with Gasteiger partial charge in [-0.05, 0) is 26.0 Å². The van der Waals surface area contributed by atoms with E-state index >= 15 is 0 Å². The molecule has 5 heteroatoms. The van der Waals surface area contributed by atoms with Crippen LogP contribution in [0, 0.1) is 0 Å². The fourth-order valence-corrected chi connectivity index (χ4v) is 0.940. The van der Waals surface area contributed by atoms with Crippen molar-refractivity contribution in [2.75, 3.05) is 0 Å². The molecule has 0 unspecified atom stereocenters. The minimum absolute atomic E-state index is 0.414. The monoisotopic (exact) mass is 193 g/mol. The molecule has 0 spiro atoms. The molecule has 0 fully saturated rings. The molecule has 1 aromatic rings. The Morgan fingerprint density at radius 2 is 1.50 bits per heavy atom. The van der Waals surface area contributed by atoms with Gasteiger partial charge >= 0.3 is 0 Å². The molecule has 0 radical (unpaired) electrons. The molecule has 0 atom stereocenters. The summed E-state index contributed by atoms with van der Waals surface area (Å²) in [6.45, 7) is 3.27.